The number of piperazine rings is 1. The second kappa shape index (κ2) is 11.2. The number of hydrogen-bond donors (Lipinski definition) is 0. The number of carbonyl (C=O) groups excluding carboxylic acids is 1. The summed E-state index contributed by atoms with van der Waals surface area (Å²) in [6.07, 6.45) is -3.49. The molecular formula is C28H27Cl2F3N4O3S. The van der Waals surface area contributed by atoms with E-state index in [9.17, 15) is 22.8 Å². The van der Waals surface area contributed by atoms with Crippen LogP contribution in [-0.2, 0) is 15.7 Å². The number of nitrogens with zero attached hydrogens (tertiary/aromatic N) is 4. The Kier molecular flexibility index (Phi) is 8.10. The van der Waals surface area contributed by atoms with Crippen LogP contribution in [0.4, 0.5) is 19.0 Å². The van der Waals surface area contributed by atoms with Crippen LogP contribution in [0.1, 0.15) is 25.5 Å². The van der Waals surface area contributed by atoms with Crippen molar-refractivity contribution in [1.29, 1.82) is 0 Å². The van der Waals surface area contributed by atoms with Crippen molar-refractivity contribution in [2.24, 2.45) is 0 Å². The maximum absolute atomic E-state index is 14.8. The van der Waals surface area contributed by atoms with Gasteiger partial charge >= 0.3 is 11.9 Å². The van der Waals surface area contributed by atoms with E-state index in [1.807, 2.05) is 13.8 Å². The molecule has 2 aromatic carbocycles. The molecule has 1 fully saturated rings. The molecule has 2 aliphatic heterocycles. The Labute approximate surface area is 248 Å². The Bertz CT molecular complexity index is 1600. The van der Waals surface area contributed by atoms with Crippen LogP contribution in [0.15, 0.2) is 46.6 Å². The van der Waals surface area contributed by atoms with Crippen LogP contribution >= 0.6 is 35.0 Å². The third kappa shape index (κ3) is 5.22. The summed E-state index contributed by atoms with van der Waals surface area (Å²) in [5.41, 5.74) is -0.931. The topological polar surface area (TPSA) is 67.7 Å². The van der Waals surface area contributed by atoms with Gasteiger partial charge in [0.05, 0.1) is 33.8 Å². The van der Waals surface area contributed by atoms with E-state index in [-0.39, 0.29) is 70.1 Å². The summed E-state index contributed by atoms with van der Waals surface area (Å²) in [6.45, 7) is 7.99. The smallest absolute Gasteiger partial charge is 0.383 e. The molecule has 218 valence electrons. The fourth-order valence-electron chi connectivity index (χ4n) is 5.84. The first kappa shape index (κ1) is 29.8. The fourth-order valence-corrected chi connectivity index (χ4v) is 7.46. The number of amides is 1. The molecular weight excluding hydrogens is 600 g/mol. The highest BCUT2D eigenvalue weighted by molar-refractivity contribution is 7.99. The maximum atomic E-state index is 14.8. The molecule has 41 heavy (non-hydrogen) atoms. The molecule has 3 aromatic rings. The monoisotopic (exact) mass is 626 g/mol. The zero-order valence-corrected chi connectivity index (χ0v) is 24.8. The Morgan fingerprint density at radius 3 is 2.46 bits per heavy atom. The first-order valence-electron chi connectivity index (χ1n) is 12.8. The third-order valence-corrected chi connectivity index (χ3v) is 9.43. The number of rotatable bonds is 5. The zero-order chi connectivity index (χ0) is 29.8. The molecule has 1 aromatic heterocycles. The molecule has 0 radical (unpaired) electrons. The van der Waals surface area contributed by atoms with E-state index in [0.717, 1.165) is 6.07 Å². The number of thioether (sulfide) groups is 1. The van der Waals surface area contributed by atoms with Gasteiger partial charge in [-0.1, -0.05) is 35.8 Å². The number of carbonyl (C=O) groups is 1. The SMILES string of the molecule is C=CC(=O)N1[C@H](C)CN(c2nc(=O)n3c4c(c(-c5ccc(Cl)c(Cl)c5)c(C(F)(F)F)cc24)SC[C@@H]3COC)C[C@@H]1C. The molecule has 7 nitrogen and oxygen atoms in total. The third-order valence-electron chi connectivity index (χ3n) is 7.45. The Morgan fingerprint density at radius 1 is 1.20 bits per heavy atom. The molecule has 3 atom stereocenters. The van der Waals surface area contributed by atoms with Gasteiger partial charge in [0.25, 0.3) is 0 Å². The molecule has 1 saturated heterocycles. The molecule has 0 bridgehead atoms. The van der Waals surface area contributed by atoms with Gasteiger partial charge in [-0.15, -0.1) is 11.8 Å². The van der Waals surface area contributed by atoms with Gasteiger partial charge in [0.2, 0.25) is 5.91 Å². The first-order chi connectivity index (χ1) is 19.4. The average molecular weight is 628 g/mol. The normalized spacial score (nSPS) is 20.9. The highest BCUT2D eigenvalue weighted by Gasteiger charge is 2.40. The minimum Gasteiger partial charge on any atom is -0.383 e. The second-order valence-corrected chi connectivity index (χ2v) is 12.1. The maximum Gasteiger partial charge on any atom is 0.417 e. The van der Waals surface area contributed by atoms with Crippen LogP contribution in [-0.4, -0.2) is 65.0 Å². The molecule has 3 heterocycles. The van der Waals surface area contributed by atoms with Crippen molar-refractivity contribution in [1.82, 2.24) is 14.5 Å². The van der Waals surface area contributed by atoms with Crippen molar-refractivity contribution in [3.8, 4) is 11.1 Å². The lowest BCUT2D eigenvalue weighted by molar-refractivity contribution is -0.137. The lowest BCUT2D eigenvalue weighted by Crippen LogP contribution is -2.58. The van der Waals surface area contributed by atoms with Crippen LogP contribution < -0.4 is 10.6 Å². The summed E-state index contributed by atoms with van der Waals surface area (Å²) in [5.74, 6) is 0.221. The number of hydrogen-bond acceptors (Lipinski definition) is 6. The molecule has 0 aliphatic carbocycles. The average Bonchev–Trinajstić information content (AvgIpc) is 2.91. The van der Waals surface area contributed by atoms with Gasteiger partial charge in [-0.05, 0) is 43.7 Å². The van der Waals surface area contributed by atoms with Gasteiger partial charge in [0, 0.05) is 53.9 Å². The number of halogens is 5. The molecule has 0 N–H and O–H groups in total. The van der Waals surface area contributed by atoms with Gasteiger partial charge in [0.15, 0.2) is 0 Å². The Hall–Kier alpha value is -2.73. The summed E-state index contributed by atoms with van der Waals surface area (Å²) >= 11 is 13.6. The first-order valence-corrected chi connectivity index (χ1v) is 14.6. The molecule has 0 spiro atoms. The number of methoxy groups -OCH3 is 1. The van der Waals surface area contributed by atoms with Crippen LogP contribution in [0.3, 0.4) is 0 Å². The van der Waals surface area contributed by atoms with E-state index in [1.54, 1.807) is 9.80 Å². The zero-order valence-electron chi connectivity index (χ0n) is 22.5. The number of aromatic nitrogens is 2. The molecule has 0 saturated carbocycles. The molecule has 5 rings (SSSR count). The van der Waals surface area contributed by atoms with Gasteiger partial charge in [-0.2, -0.15) is 18.2 Å². The molecule has 1 amide bonds. The number of anilines is 1. The van der Waals surface area contributed by atoms with Crippen LogP contribution in [0.2, 0.25) is 10.0 Å². The second-order valence-electron chi connectivity index (χ2n) is 10.2. The van der Waals surface area contributed by atoms with E-state index in [1.165, 1.54) is 47.7 Å². The van der Waals surface area contributed by atoms with E-state index in [2.05, 4.69) is 11.6 Å². The number of ether oxygens (including phenoxy) is 1. The van der Waals surface area contributed by atoms with Crippen molar-refractivity contribution in [3.05, 3.63) is 63.0 Å². The van der Waals surface area contributed by atoms with Gasteiger partial charge in [0.1, 0.15) is 5.82 Å². The van der Waals surface area contributed by atoms with Crippen molar-refractivity contribution < 1.29 is 22.7 Å². The van der Waals surface area contributed by atoms with Crippen LogP contribution in [0.5, 0.6) is 0 Å². The molecule has 0 unspecified atom stereocenters. The van der Waals surface area contributed by atoms with Crippen molar-refractivity contribution in [2.45, 2.75) is 43.0 Å². The number of alkyl halides is 3. The minimum atomic E-state index is -4.73. The van der Waals surface area contributed by atoms with Crippen molar-refractivity contribution >= 4 is 57.6 Å². The molecule has 2 aliphatic rings. The largest absolute Gasteiger partial charge is 0.417 e. The van der Waals surface area contributed by atoms with Crippen molar-refractivity contribution in [3.63, 3.8) is 0 Å². The highest BCUT2D eigenvalue weighted by atomic mass is 35.5. The van der Waals surface area contributed by atoms with Crippen LogP contribution in [0, 0.1) is 0 Å². The van der Waals surface area contributed by atoms with Gasteiger partial charge < -0.3 is 14.5 Å². The summed E-state index contributed by atoms with van der Waals surface area (Å²) in [6, 6.07) is 4.38. The predicted octanol–water partition coefficient (Wildman–Crippen LogP) is 6.29. The summed E-state index contributed by atoms with van der Waals surface area (Å²) in [4.78, 5) is 34.2. The fraction of sp³-hybridized carbons (Fsp3) is 0.393. The summed E-state index contributed by atoms with van der Waals surface area (Å²) in [5, 5.41) is 0.532. The Balaban J connectivity index is 1.82. The number of benzene rings is 2. The predicted molar refractivity (Wildman–Crippen MR) is 156 cm³/mol. The van der Waals surface area contributed by atoms with Crippen molar-refractivity contribution in [2.75, 3.05) is 37.5 Å². The van der Waals surface area contributed by atoms with E-state index >= 15 is 0 Å². The van der Waals surface area contributed by atoms with Gasteiger partial charge in [-0.25, -0.2) is 4.79 Å². The molecule has 13 heteroatoms. The Morgan fingerprint density at radius 2 is 1.88 bits per heavy atom. The lowest BCUT2D eigenvalue weighted by Gasteiger charge is -2.45. The minimum absolute atomic E-state index is 0.0714. The lowest BCUT2D eigenvalue weighted by atomic mass is 9.95. The van der Waals surface area contributed by atoms with E-state index in [0.29, 0.717) is 16.2 Å². The van der Waals surface area contributed by atoms with E-state index < -0.39 is 23.5 Å². The quantitative estimate of drug-likeness (QED) is 0.310. The summed E-state index contributed by atoms with van der Waals surface area (Å²) in [7, 11) is 1.50. The van der Waals surface area contributed by atoms with E-state index in [4.69, 9.17) is 27.9 Å². The standard InChI is InChI=1S/C28H27Cl2F3N4O3S/c1-5-22(38)36-14(2)10-35(11-15(36)3)26-18-9-19(28(31,32)33)23(16-6-7-20(29)21(30)8-16)25-24(18)37(27(39)34-26)17(12-40-4)13-41-25/h5-9,14-15,17H,1,10-13H2,2-4H3/t14-,15+,17-/m0/s1. The highest BCUT2D eigenvalue weighted by Crippen LogP contribution is 2.50. The summed E-state index contributed by atoms with van der Waals surface area (Å²) < 4.78 is 51.2. The van der Waals surface area contributed by atoms with Crippen LogP contribution in [0.25, 0.3) is 22.0 Å². The van der Waals surface area contributed by atoms with Gasteiger partial charge in [-0.3, -0.25) is 9.36 Å².